The Morgan fingerprint density at radius 3 is 1.23 bits per heavy atom. The summed E-state index contributed by atoms with van der Waals surface area (Å²) >= 11 is 0. The zero-order valence-corrected chi connectivity index (χ0v) is 22.2. The summed E-state index contributed by atoms with van der Waals surface area (Å²) < 4.78 is 281. The van der Waals surface area contributed by atoms with E-state index in [1.165, 1.54) is 0 Å². The molecule has 1 atom stereocenters. The van der Waals surface area contributed by atoms with E-state index >= 15 is 0 Å². The Kier molecular flexibility index (Phi) is 9.95. The van der Waals surface area contributed by atoms with Gasteiger partial charge in [0, 0.05) is 0 Å². The van der Waals surface area contributed by atoms with Crippen LogP contribution in [0.4, 0.5) is 83.4 Å². The fourth-order valence-electron chi connectivity index (χ4n) is 3.74. The molecule has 3 rings (SSSR count). The van der Waals surface area contributed by atoms with Crippen LogP contribution in [0.2, 0.25) is 0 Å². The van der Waals surface area contributed by atoms with Crippen LogP contribution in [-0.4, -0.2) is 100.0 Å². The van der Waals surface area contributed by atoms with Crippen LogP contribution in [-0.2, 0) is 28.4 Å². The topological polar surface area (TPSA) is 55.4 Å². The highest BCUT2D eigenvalue weighted by Crippen LogP contribution is 2.61. The first-order chi connectivity index (χ1) is 21.2. The van der Waals surface area contributed by atoms with Gasteiger partial charge < -0.3 is 28.4 Å². The predicted molar refractivity (Wildman–Crippen MR) is 108 cm³/mol. The summed E-state index contributed by atoms with van der Waals surface area (Å²) in [6, 6.07) is 0. The number of halogens is 19. The molecule has 25 heteroatoms. The van der Waals surface area contributed by atoms with Gasteiger partial charge in [-0.1, -0.05) is 0 Å². The normalized spacial score (nSPS) is 27.4. The van der Waals surface area contributed by atoms with Gasteiger partial charge in [-0.2, -0.15) is 70.2 Å². The maximum atomic E-state index is 14.1. The summed E-state index contributed by atoms with van der Waals surface area (Å²) in [4.78, 5) is 0. The van der Waals surface area contributed by atoms with Crippen molar-refractivity contribution < 1.29 is 112 Å². The lowest BCUT2D eigenvalue weighted by Gasteiger charge is -2.24. The Bertz CT molecular complexity index is 1290. The SMILES string of the molecule is FC1=C(OCCOCCOC2=C(OCCOCOC3=C(F)C(F)(F)C(F)(F)C3(F)F)C(F)(F)C(F)(F)C2(F)F)C(F)C(F)(F)C1(F)F. The lowest BCUT2D eigenvalue weighted by Crippen LogP contribution is -2.49. The van der Waals surface area contributed by atoms with Crippen LogP contribution in [0, 0.1) is 0 Å². The molecular formula is C22H15F19O6. The van der Waals surface area contributed by atoms with Crippen molar-refractivity contribution in [2.24, 2.45) is 0 Å². The first-order valence-electron chi connectivity index (χ1n) is 12.1. The minimum Gasteiger partial charge on any atom is -0.489 e. The average molecular weight is 736 g/mol. The number of rotatable bonds is 15. The molecule has 0 aromatic carbocycles. The van der Waals surface area contributed by atoms with Gasteiger partial charge in [-0.3, -0.25) is 0 Å². The molecule has 0 aromatic heterocycles. The van der Waals surface area contributed by atoms with Crippen LogP contribution in [0.25, 0.3) is 0 Å². The van der Waals surface area contributed by atoms with Crippen molar-refractivity contribution in [3.05, 3.63) is 34.7 Å². The molecule has 0 saturated carbocycles. The van der Waals surface area contributed by atoms with Gasteiger partial charge in [0.15, 0.2) is 12.6 Å². The molecule has 0 amide bonds. The maximum absolute atomic E-state index is 14.1. The van der Waals surface area contributed by atoms with E-state index in [-0.39, 0.29) is 0 Å². The van der Waals surface area contributed by atoms with Gasteiger partial charge in [-0.25, -0.2) is 13.2 Å². The van der Waals surface area contributed by atoms with E-state index in [0.717, 1.165) is 0 Å². The highest BCUT2D eigenvalue weighted by molar-refractivity contribution is 5.35. The maximum Gasteiger partial charge on any atom is 0.387 e. The van der Waals surface area contributed by atoms with Gasteiger partial charge in [0.2, 0.25) is 35.1 Å². The first-order valence-corrected chi connectivity index (χ1v) is 12.1. The highest BCUT2D eigenvalue weighted by atomic mass is 19.4. The van der Waals surface area contributed by atoms with E-state index in [1.807, 2.05) is 0 Å². The highest BCUT2D eigenvalue weighted by Gasteiger charge is 2.84. The van der Waals surface area contributed by atoms with Gasteiger partial charge in [-0.05, 0) is 0 Å². The lowest BCUT2D eigenvalue weighted by molar-refractivity contribution is -0.277. The van der Waals surface area contributed by atoms with Crippen molar-refractivity contribution in [1.82, 2.24) is 0 Å². The molecule has 0 aromatic rings. The van der Waals surface area contributed by atoms with E-state index in [9.17, 15) is 83.4 Å². The van der Waals surface area contributed by atoms with Crippen LogP contribution in [0.15, 0.2) is 34.7 Å². The van der Waals surface area contributed by atoms with E-state index in [0.29, 0.717) is 0 Å². The van der Waals surface area contributed by atoms with Gasteiger partial charge in [0.05, 0.1) is 19.8 Å². The van der Waals surface area contributed by atoms with Crippen molar-refractivity contribution in [3.63, 3.8) is 0 Å². The minimum absolute atomic E-state index is 0.934. The molecule has 47 heavy (non-hydrogen) atoms. The zero-order chi connectivity index (χ0) is 36.2. The number of allylic oxidation sites excluding steroid dienone is 6. The molecular weight excluding hydrogens is 721 g/mol. The van der Waals surface area contributed by atoms with Crippen molar-refractivity contribution in [1.29, 1.82) is 0 Å². The molecule has 0 N–H and O–H groups in total. The van der Waals surface area contributed by atoms with Crippen LogP contribution < -0.4 is 0 Å². The summed E-state index contributed by atoms with van der Waals surface area (Å²) in [7, 11) is 0. The summed E-state index contributed by atoms with van der Waals surface area (Å²) in [6.07, 6.45) is -3.91. The second-order valence-electron chi connectivity index (χ2n) is 9.31. The van der Waals surface area contributed by atoms with E-state index in [1.54, 1.807) is 0 Å². The number of ether oxygens (including phenoxy) is 6. The molecule has 0 fully saturated rings. The molecule has 0 spiro atoms. The molecule has 0 aliphatic heterocycles. The third kappa shape index (κ3) is 5.66. The van der Waals surface area contributed by atoms with Crippen LogP contribution >= 0.6 is 0 Å². The Balaban J connectivity index is 1.53. The minimum atomic E-state index is -6.28. The van der Waals surface area contributed by atoms with Crippen molar-refractivity contribution in [2.75, 3.05) is 46.4 Å². The lowest BCUT2D eigenvalue weighted by atomic mass is 10.1. The molecule has 0 saturated heterocycles. The molecule has 0 heterocycles. The van der Waals surface area contributed by atoms with E-state index in [4.69, 9.17) is 0 Å². The van der Waals surface area contributed by atoms with Crippen LogP contribution in [0.5, 0.6) is 0 Å². The molecule has 272 valence electrons. The molecule has 3 aliphatic rings. The van der Waals surface area contributed by atoms with E-state index < -0.39 is 135 Å². The molecule has 1 unspecified atom stereocenters. The summed E-state index contributed by atoms with van der Waals surface area (Å²) in [5.41, 5.74) is 0. The monoisotopic (exact) mass is 736 g/mol. The Hall–Kier alpha value is -2.99. The van der Waals surface area contributed by atoms with Crippen LogP contribution in [0.3, 0.4) is 0 Å². The molecule has 3 aliphatic carbocycles. The van der Waals surface area contributed by atoms with Gasteiger partial charge >= 0.3 is 47.4 Å². The Morgan fingerprint density at radius 2 is 0.830 bits per heavy atom. The summed E-state index contributed by atoms with van der Waals surface area (Å²) in [6.45, 7) is -8.92. The van der Waals surface area contributed by atoms with Crippen molar-refractivity contribution >= 4 is 0 Å². The molecule has 0 bridgehead atoms. The van der Waals surface area contributed by atoms with Crippen molar-refractivity contribution in [2.45, 2.75) is 53.6 Å². The Morgan fingerprint density at radius 1 is 0.426 bits per heavy atom. The van der Waals surface area contributed by atoms with Gasteiger partial charge in [0.1, 0.15) is 19.8 Å². The quantitative estimate of drug-likeness (QED) is 0.102. The smallest absolute Gasteiger partial charge is 0.387 e. The zero-order valence-electron chi connectivity index (χ0n) is 22.2. The Labute approximate surface area is 247 Å². The summed E-state index contributed by atoms with van der Waals surface area (Å²) in [5, 5.41) is 0. The summed E-state index contributed by atoms with van der Waals surface area (Å²) in [5.74, 6) is -63.4. The van der Waals surface area contributed by atoms with Gasteiger partial charge in [-0.15, -0.1) is 0 Å². The number of hydrogen-bond acceptors (Lipinski definition) is 6. The third-order valence-electron chi connectivity index (χ3n) is 6.29. The molecule has 0 radical (unpaired) electrons. The van der Waals surface area contributed by atoms with Crippen LogP contribution in [0.1, 0.15) is 0 Å². The predicted octanol–water partition coefficient (Wildman–Crippen LogP) is 7.08. The largest absolute Gasteiger partial charge is 0.489 e. The molecule has 6 nitrogen and oxygen atoms in total. The average Bonchev–Trinajstić information content (AvgIpc) is 3.17. The second-order valence-corrected chi connectivity index (χ2v) is 9.31. The standard InChI is InChI=1S/C22H15F19O6/c23-9-8(10(24)16(28,29)15(9,26)27)44-4-1-42-2-5-45-13-14(20(36,37)22(40,41)19(13,34)35)46-6-3-43-7-47-12-11(25)17(30,31)21(38,39)18(12,32)33/h9H,1-7H2. The van der Waals surface area contributed by atoms with Gasteiger partial charge in [0.25, 0.3) is 0 Å². The fourth-order valence-corrected chi connectivity index (χ4v) is 3.74. The second kappa shape index (κ2) is 12.2. The first kappa shape index (κ1) is 38.5. The third-order valence-corrected chi connectivity index (χ3v) is 6.29. The fraction of sp³-hybridized carbons (Fsp3) is 0.727. The van der Waals surface area contributed by atoms with E-state index in [2.05, 4.69) is 28.4 Å². The number of hydrogen-bond donors (Lipinski definition) is 0. The van der Waals surface area contributed by atoms with Crippen molar-refractivity contribution in [3.8, 4) is 0 Å². The number of alkyl halides is 17.